The Morgan fingerprint density at radius 3 is 2.43 bits per heavy atom. The minimum Gasteiger partial charge on any atom is -0.508 e. The highest BCUT2D eigenvalue weighted by Gasteiger charge is 2.18. The number of aromatic hydroxyl groups is 1. The van der Waals surface area contributed by atoms with E-state index in [4.69, 9.17) is 23.2 Å². The Labute approximate surface area is 131 Å². The first-order valence-corrected chi connectivity index (χ1v) is 6.91. The summed E-state index contributed by atoms with van der Waals surface area (Å²) in [6.07, 6.45) is -1.36. The van der Waals surface area contributed by atoms with E-state index in [9.17, 15) is 15.0 Å². The van der Waals surface area contributed by atoms with Crippen LogP contribution in [0.4, 0.5) is 0 Å². The second-order valence-electron chi connectivity index (χ2n) is 4.49. The Morgan fingerprint density at radius 1 is 1.14 bits per heavy atom. The van der Waals surface area contributed by atoms with Crippen LogP contribution in [0.15, 0.2) is 42.5 Å². The van der Waals surface area contributed by atoms with E-state index >= 15 is 0 Å². The summed E-state index contributed by atoms with van der Waals surface area (Å²) in [5.74, 6) is -0.458. The lowest BCUT2D eigenvalue weighted by Crippen LogP contribution is -2.28. The van der Waals surface area contributed by atoms with E-state index in [1.54, 1.807) is 12.1 Å². The fraction of sp³-hybridized carbons (Fsp3) is 0.133. The number of amides is 1. The van der Waals surface area contributed by atoms with Gasteiger partial charge in [0, 0.05) is 16.6 Å². The van der Waals surface area contributed by atoms with Gasteiger partial charge < -0.3 is 15.5 Å². The predicted molar refractivity (Wildman–Crippen MR) is 81.4 cm³/mol. The van der Waals surface area contributed by atoms with E-state index in [2.05, 4.69) is 5.32 Å². The van der Waals surface area contributed by atoms with Crippen LogP contribution >= 0.6 is 23.2 Å². The quantitative estimate of drug-likeness (QED) is 0.809. The van der Waals surface area contributed by atoms with Gasteiger partial charge in [0.15, 0.2) is 6.10 Å². The number of rotatable bonds is 4. The van der Waals surface area contributed by atoms with Gasteiger partial charge in [-0.25, -0.2) is 0 Å². The number of phenols is 1. The van der Waals surface area contributed by atoms with Crippen molar-refractivity contribution in [1.82, 2.24) is 5.32 Å². The van der Waals surface area contributed by atoms with E-state index in [0.29, 0.717) is 15.6 Å². The van der Waals surface area contributed by atoms with Crippen molar-refractivity contribution >= 4 is 29.1 Å². The molecule has 0 radical (unpaired) electrons. The third-order valence-electron chi connectivity index (χ3n) is 2.83. The number of carbonyl (C=O) groups is 1. The van der Waals surface area contributed by atoms with Crippen molar-refractivity contribution in [3.8, 4) is 5.75 Å². The maximum Gasteiger partial charge on any atom is 0.253 e. The van der Waals surface area contributed by atoms with E-state index in [0.717, 1.165) is 5.56 Å². The molecule has 0 aliphatic carbocycles. The summed E-state index contributed by atoms with van der Waals surface area (Å²) < 4.78 is 0. The first-order chi connectivity index (χ1) is 9.95. The zero-order valence-electron chi connectivity index (χ0n) is 10.9. The lowest BCUT2D eigenvalue weighted by atomic mass is 10.1. The molecule has 0 aliphatic rings. The van der Waals surface area contributed by atoms with Gasteiger partial charge in [-0.3, -0.25) is 4.79 Å². The monoisotopic (exact) mass is 325 g/mol. The summed E-state index contributed by atoms with van der Waals surface area (Å²) in [6.45, 7) is 0.193. The van der Waals surface area contributed by atoms with Crippen LogP contribution < -0.4 is 5.32 Å². The fourth-order valence-electron chi connectivity index (χ4n) is 1.84. The lowest BCUT2D eigenvalue weighted by molar-refractivity contribution is -0.129. The molecule has 1 atom stereocenters. The number of halogens is 2. The van der Waals surface area contributed by atoms with Crippen LogP contribution in [0.5, 0.6) is 5.75 Å². The van der Waals surface area contributed by atoms with Gasteiger partial charge in [0.05, 0.1) is 0 Å². The van der Waals surface area contributed by atoms with Gasteiger partial charge in [-0.1, -0.05) is 35.3 Å². The minimum atomic E-state index is -1.36. The van der Waals surface area contributed by atoms with Gasteiger partial charge in [-0.15, -0.1) is 0 Å². The summed E-state index contributed by atoms with van der Waals surface area (Å²) in [5.41, 5.74) is 1.04. The van der Waals surface area contributed by atoms with Gasteiger partial charge in [0.25, 0.3) is 5.91 Å². The standard InChI is InChI=1S/C15H13Cl2NO3/c16-11-5-10(6-12(17)7-11)14(20)15(21)18-8-9-2-1-3-13(19)4-9/h1-7,14,19-20H,8H2,(H,18,21). The average Bonchev–Trinajstić information content (AvgIpc) is 2.43. The smallest absolute Gasteiger partial charge is 0.253 e. The van der Waals surface area contributed by atoms with Crippen molar-refractivity contribution in [3.05, 3.63) is 63.6 Å². The topological polar surface area (TPSA) is 69.6 Å². The molecular weight excluding hydrogens is 313 g/mol. The van der Waals surface area contributed by atoms with Crippen LogP contribution in [-0.4, -0.2) is 16.1 Å². The molecule has 2 rings (SSSR count). The predicted octanol–water partition coefficient (Wildman–Crippen LogP) is 3.05. The lowest BCUT2D eigenvalue weighted by Gasteiger charge is -2.12. The van der Waals surface area contributed by atoms with Crippen molar-refractivity contribution in [2.24, 2.45) is 0 Å². The number of benzene rings is 2. The maximum atomic E-state index is 11.9. The molecule has 0 fully saturated rings. The molecule has 6 heteroatoms. The Bertz CT molecular complexity index is 641. The Morgan fingerprint density at radius 2 is 1.81 bits per heavy atom. The largest absolute Gasteiger partial charge is 0.508 e. The van der Waals surface area contributed by atoms with Gasteiger partial charge in [-0.05, 0) is 41.5 Å². The van der Waals surface area contributed by atoms with E-state index in [-0.39, 0.29) is 12.3 Å². The molecule has 0 saturated carbocycles. The van der Waals surface area contributed by atoms with Crippen LogP contribution in [0.2, 0.25) is 10.0 Å². The highest BCUT2D eigenvalue weighted by atomic mass is 35.5. The number of aliphatic hydroxyl groups excluding tert-OH is 1. The van der Waals surface area contributed by atoms with Crippen molar-refractivity contribution in [3.63, 3.8) is 0 Å². The average molecular weight is 326 g/mol. The highest BCUT2D eigenvalue weighted by molar-refractivity contribution is 6.34. The first-order valence-electron chi connectivity index (χ1n) is 6.15. The van der Waals surface area contributed by atoms with Crippen molar-refractivity contribution in [1.29, 1.82) is 0 Å². The molecule has 21 heavy (non-hydrogen) atoms. The van der Waals surface area contributed by atoms with Crippen LogP contribution in [0.25, 0.3) is 0 Å². The number of nitrogens with one attached hydrogen (secondary N) is 1. The number of hydrogen-bond acceptors (Lipinski definition) is 3. The third-order valence-corrected chi connectivity index (χ3v) is 3.26. The first kappa shape index (κ1) is 15.6. The second-order valence-corrected chi connectivity index (χ2v) is 5.37. The number of phenolic OH excluding ortho intramolecular Hbond substituents is 1. The van der Waals surface area contributed by atoms with Crippen molar-refractivity contribution < 1.29 is 15.0 Å². The van der Waals surface area contributed by atoms with Crippen LogP contribution in [0.3, 0.4) is 0 Å². The Hall–Kier alpha value is -1.75. The molecule has 0 heterocycles. The summed E-state index contributed by atoms with van der Waals surface area (Å²) in [4.78, 5) is 11.9. The molecule has 0 spiro atoms. The number of hydrogen-bond donors (Lipinski definition) is 3. The highest BCUT2D eigenvalue weighted by Crippen LogP contribution is 2.23. The number of carbonyl (C=O) groups excluding carboxylic acids is 1. The van der Waals surface area contributed by atoms with Crippen LogP contribution in [-0.2, 0) is 11.3 Å². The van der Waals surface area contributed by atoms with E-state index < -0.39 is 12.0 Å². The maximum absolute atomic E-state index is 11.9. The Balaban J connectivity index is 2.02. The Kier molecular flexibility index (Phi) is 5.07. The summed E-state index contributed by atoms with van der Waals surface area (Å²) in [6, 6.07) is 11.0. The molecule has 1 unspecified atom stereocenters. The zero-order chi connectivity index (χ0) is 15.4. The SMILES string of the molecule is O=C(NCc1cccc(O)c1)C(O)c1cc(Cl)cc(Cl)c1. The molecule has 0 aromatic heterocycles. The van der Waals surface area contributed by atoms with Crippen LogP contribution in [0.1, 0.15) is 17.2 Å². The molecule has 4 nitrogen and oxygen atoms in total. The number of aliphatic hydroxyl groups is 1. The third kappa shape index (κ3) is 4.36. The van der Waals surface area contributed by atoms with Crippen molar-refractivity contribution in [2.45, 2.75) is 12.6 Å². The van der Waals surface area contributed by atoms with E-state index in [1.165, 1.54) is 30.3 Å². The molecule has 0 saturated heterocycles. The van der Waals surface area contributed by atoms with Gasteiger partial charge in [0.2, 0.25) is 0 Å². The minimum absolute atomic E-state index is 0.115. The zero-order valence-corrected chi connectivity index (χ0v) is 12.4. The van der Waals surface area contributed by atoms with E-state index in [1.807, 2.05) is 0 Å². The van der Waals surface area contributed by atoms with Gasteiger partial charge in [-0.2, -0.15) is 0 Å². The molecule has 3 N–H and O–H groups in total. The molecule has 1 amide bonds. The molecule has 2 aromatic rings. The van der Waals surface area contributed by atoms with Gasteiger partial charge >= 0.3 is 0 Å². The second kappa shape index (κ2) is 6.80. The van der Waals surface area contributed by atoms with Gasteiger partial charge in [0.1, 0.15) is 5.75 Å². The summed E-state index contributed by atoms with van der Waals surface area (Å²) in [7, 11) is 0. The normalized spacial score (nSPS) is 12.0. The fourth-order valence-corrected chi connectivity index (χ4v) is 2.38. The molecular formula is C15H13Cl2NO3. The van der Waals surface area contributed by atoms with Crippen molar-refractivity contribution in [2.75, 3.05) is 0 Å². The molecule has 2 aromatic carbocycles. The molecule has 0 bridgehead atoms. The van der Waals surface area contributed by atoms with Crippen LogP contribution in [0, 0.1) is 0 Å². The molecule has 0 aliphatic heterocycles. The summed E-state index contributed by atoms with van der Waals surface area (Å²) in [5, 5.41) is 22.6. The summed E-state index contributed by atoms with van der Waals surface area (Å²) >= 11 is 11.7. The molecule has 110 valence electrons.